The van der Waals surface area contributed by atoms with Crippen LogP contribution in [0.15, 0.2) is 48.5 Å². The molecule has 2 N–H and O–H groups in total. The first-order valence-electron chi connectivity index (χ1n) is 9.55. The number of anilines is 2. The molecule has 0 unspecified atom stereocenters. The number of imidazole rings is 1. The minimum absolute atomic E-state index is 0.211. The van der Waals surface area contributed by atoms with Crippen molar-refractivity contribution >= 4 is 23.2 Å². The number of aryl methyl sites for hydroxylation is 1. The van der Waals surface area contributed by atoms with Gasteiger partial charge in [-0.25, -0.2) is 9.37 Å². The number of halogens is 1. The van der Waals surface area contributed by atoms with E-state index in [0.29, 0.717) is 24.3 Å². The number of nitrogens with one attached hydrogen (secondary N) is 2. The van der Waals surface area contributed by atoms with Crippen LogP contribution in [0.4, 0.5) is 15.8 Å². The van der Waals surface area contributed by atoms with Crippen LogP contribution in [0.5, 0.6) is 0 Å². The number of carbonyl (C=O) groups excluding carboxylic acids is 2. The molecule has 0 saturated carbocycles. The van der Waals surface area contributed by atoms with Crippen LogP contribution in [0.2, 0.25) is 0 Å². The zero-order valence-corrected chi connectivity index (χ0v) is 16.0. The molecule has 0 spiro atoms. The topological polar surface area (TPSA) is 76.0 Å². The summed E-state index contributed by atoms with van der Waals surface area (Å²) < 4.78 is 15.2. The molecular weight excluding hydrogens is 371 g/mol. The number of carbonyl (C=O) groups is 2. The lowest BCUT2D eigenvalue weighted by atomic mass is 10.1. The molecular formula is C22H21FN4O2. The molecule has 6 nitrogen and oxygen atoms in total. The molecule has 2 heterocycles. The van der Waals surface area contributed by atoms with E-state index >= 15 is 0 Å². The van der Waals surface area contributed by atoms with E-state index in [1.54, 1.807) is 6.07 Å². The lowest BCUT2D eigenvalue weighted by Crippen LogP contribution is -2.21. The van der Waals surface area contributed by atoms with Gasteiger partial charge in [-0.15, -0.1) is 0 Å². The summed E-state index contributed by atoms with van der Waals surface area (Å²) in [7, 11) is 0. The van der Waals surface area contributed by atoms with Gasteiger partial charge in [0.25, 0.3) is 11.8 Å². The Morgan fingerprint density at radius 3 is 2.52 bits per heavy atom. The fourth-order valence-electron chi connectivity index (χ4n) is 3.48. The van der Waals surface area contributed by atoms with E-state index in [1.165, 1.54) is 18.2 Å². The average Bonchev–Trinajstić information content (AvgIpc) is 3.10. The van der Waals surface area contributed by atoms with Crippen molar-refractivity contribution in [2.45, 2.75) is 32.7 Å². The van der Waals surface area contributed by atoms with E-state index in [0.717, 1.165) is 24.1 Å². The Labute approximate surface area is 167 Å². The number of nitrogens with zero attached hydrogens (tertiary/aromatic N) is 2. The number of hydrogen-bond acceptors (Lipinski definition) is 3. The van der Waals surface area contributed by atoms with E-state index in [-0.39, 0.29) is 17.4 Å². The quantitative estimate of drug-likeness (QED) is 0.700. The fraction of sp³-hybridized carbons (Fsp3) is 0.227. The third kappa shape index (κ3) is 4.03. The van der Waals surface area contributed by atoms with Crippen molar-refractivity contribution in [3.63, 3.8) is 0 Å². The van der Waals surface area contributed by atoms with Gasteiger partial charge in [0.1, 0.15) is 5.82 Å². The van der Waals surface area contributed by atoms with Crippen LogP contribution >= 0.6 is 0 Å². The molecule has 29 heavy (non-hydrogen) atoms. The molecule has 0 bridgehead atoms. The Balaban J connectivity index is 1.62. The second-order valence-corrected chi connectivity index (χ2v) is 7.12. The maximum atomic E-state index is 13.4. The van der Waals surface area contributed by atoms with Crippen LogP contribution in [0.3, 0.4) is 0 Å². The minimum atomic E-state index is -0.448. The van der Waals surface area contributed by atoms with Gasteiger partial charge in [0.15, 0.2) is 11.5 Å². The molecule has 0 fully saturated rings. The number of rotatable bonds is 4. The van der Waals surface area contributed by atoms with Crippen LogP contribution in [0, 0.1) is 12.7 Å². The van der Waals surface area contributed by atoms with Crippen LogP contribution in [0.1, 0.15) is 45.2 Å². The zero-order valence-electron chi connectivity index (χ0n) is 16.0. The number of fused-ring (bicyclic) bond motifs is 1. The third-order valence-electron chi connectivity index (χ3n) is 4.93. The summed E-state index contributed by atoms with van der Waals surface area (Å²) in [6.07, 6.45) is 2.50. The number of benzene rings is 2. The maximum Gasteiger partial charge on any atom is 0.291 e. The summed E-state index contributed by atoms with van der Waals surface area (Å²) in [5, 5.41) is 5.51. The third-order valence-corrected chi connectivity index (χ3v) is 4.93. The highest BCUT2D eigenvalue weighted by molar-refractivity contribution is 6.07. The minimum Gasteiger partial charge on any atom is -0.323 e. The molecule has 0 atom stereocenters. The highest BCUT2D eigenvalue weighted by atomic mass is 19.1. The zero-order chi connectivity index (χ0) is 20.4. The van der Waals surface area contributed by atoms with Gasteiger partial charge in [0.2, 0.25) is 0 Å². The largest absolute Gasteiger partial charge is 0.323 e. The van der Waals surface area contributed by atoms with Gasteiger partial charge in [-0.2, -0.15) is 0 Å². The number of hydrogen-bond donors (Lipinski definition) is 2. The first kappa shape index (κ1) is 18.9. The van der Waals surface area contributed by atoms with Crippen molar-refractivity contribution in [3.8, 4) is 0 Å². The molecule has 0 aliphatic carbocycles. The van der Waals surface area contributed by atoms with Gasteiger partial charge >= 0.3 is 0 Å². The normalized spacial score (nSPS) is 12.9. The van der Waals surface area contributed by atoms with E-state index < -0.39 is 11.7 Å². The summed E-state index contributed by atoms with van der Waals surface area (Å²) in [5.41, 5.74) is 3.05. The highest BCUT2D eigenvalue weighted by Gasteiger charge is 2.27. The van der Waals surface area contributed by atoms with Crippen LogP contribution in [0.25, 0.3) is 0 Å². The Bertz CT molecular complexity index is 1070. The summed E-state index contributed by atoms with van der Waals surface area (Å²) in [6.45, 7) is 2.60. The molecule has 2 amide bonds. The second-order valence-electron chi connectivity index (χ2n) is 7.12. The standard InChI is InChI=1S/C22H21FN4O2/c1-14-8-10-16(11-9-14)24-22(29)20-26-19(18-7-2-3-12-27(18)20)21(28)25-17-6-4-5-15(23)13-17/h4-6,8-11,13H,2-3,7,12H2,1H3,(H,24,29)(H,25,28). The predicted molar refractivity (Wildman–Crippen MR) is 109 cm³/mol. The van der Waals surface area contributed by atoms with Crippen molar-refractivity contribution in [2.75, 3.05) is 10.6 Å². The molecule has 0 radical (unpaired) electrons. The van der Waals surface area contributed by atoms with Crippen LogP contribution in [-0.2, 0) is 13.0 Å². The van der Waals surface area contributed by atoms with E-state index in [2.05, 4.69) is 15.6 Å². The first-order chi connectivity index (χ1) is 14.0. The molecule has 2 aromatic carbocycles. The molecule has 7 heteroatoms. The monoisotopic (exact) mass is 392 g/mol. The van der Waals surface area contributed by atoms with Crippen molar-refractivity contribution in [3.05, 3.63) is 77.1 Å². The molecule has 1 aliphatic rings. The maximum absolute atomic E-state index is 13.4. The molecule has 4 rings (SSSR count). The number of aromatic nitrogens is 2. The Morgan fingerprint density at radius 1 is 1.00 bits per heavy atom. The highest BCUT2D eigenvalue weighted by Crippen LogP contribution is 2.23. The van der Waals surface area contributed by atoms with E-state index in [4.69, 9.17) is 0 Å². The van der Waals surface area contributed by atoms with Crippen molar-refractivity contribution < 1.29 is 14.0 Å². The van der Waals surface area contributed by atoms with Gasteiger partial charge in [-0.05, 0) is 56.5 Å². The average molecular weight is 392 g/mol. The van der Waals surface area contributed by atoms with Crippen molar-refractivity contribution in [1.82, 2.24) is 9.55 Å². The Hall–Kier alpha value is -3.48. The molecule has 1 aliphatic heterocycles. The van der Waals surface area contributed by atoms with Crippen molar-refractivity contribution in [1.29, 1.82) is 0 Å². The van der Waals surface area contributed by atoms with Gasteiger partial charge in [0.05, 0.1) is 5.69 Å². The fourth-order valence-corrected chi connectivity index (χ4v) is 3.48. The smallest absolute Gasteiger partial charge is 0.291 e. The predicted octanol–water partition coefficient (Wildman–Crippen LogP) is 4.17. The van der Waals surface area contributed by atoms with Crippen LogP contribution < -0.4 is 10.6 Å². The van der Waals surface area contributed by atoms with E-state index in [1.807, 2.05) is 35.8 Å². The summed E-state index contributed by atoms with van der Waals surface area (Å²) >= 11 is 0. The molecule has 1 aromatic heterocycles. The Morgan fingerprint density at radius 2 is 1.76 bits per heavy atom. The van der Waals surface area contributed by atoms with Gasteiger partial charge in [0, 0.05) is 17.9 Å². The number of amides is 2. The SMILES string of the molecule is Cc1ccc(NC(=O)c2nc(C(=O)Nc3cccc(F)c3)c3n2CCCC3)cc1. The molecule has 148 valence electrons. The molecule has 0 saturated heterocycles. The van der Waals surface area contributed by atoms with E-state index in [9.17, 15) is 14.0 Å². The van der Waals surface area contributed by atoms with Crippen molar-refractivity contribution in [2.24, 2.45) is 0 Å². The summed E-state index contributed by atoms with van der Waals surface area (Å²) in [4.78, 5) is 30.0. The Kier molecular flexibility index (Phi) is 5.12. The first-order valence-corrected chi connectivity index (χ1v) is 9.55. The summed E-state index contributed by atoms with van der Waals surface area (Å²) in [6, 6.07) is 13.1. The van der Waals surface area contributed by atoms with Gasteiger partial charge in [-0.3, -0.25) is 9.59 Å². The van der Waals surface area contributed by atoms with Crippen LogP contribution in [-0.4, -0.2) is 21.4 Å². The molecule has 3 aromatic rings. The lowest BCUT2D eigenvalue weighted by molar-refractivity contribution is 0.101. The second kappa shape index (κ2) is 7.87. The van der Waals surface area contributed by atoms with Gasteiger partial charge < -0.3 is 15.2 Å². The van der Waals surface area contributed by atoms with Gasteiger partial charge in [-0.1, -0.05) is 23.8 Å². The lowest BCUT2D eigenvalue weighted by Gasteiger charge is -2.17. The summed E-state index contributed by atoms with van der Waals surface area (Å²) in [5.74, 6) is -1.03.